The Morgan fingerprint density at radius 2 is 1.30 bits per heavy atom. The summed E-state index contributed by atoms with van der Waals surface area (Å²) in [6.07, 6.45) is 0. The number of ketones is 1. The number of carbonyl (C=O) groups is 2. The molecule has 0 aliphatic carbocycles. The molecule has 0 fully saturated rings. The Kier molecular flexibility index (Phi) is 5.53. The lowest BCUT2D eigenvalue weighted by atomic mass is 9.96. The van der Waals surface area contributed by atoms with Crippen LogP contribution < -0.4 is 5.32 Å². The third kappa shape index (κ3) is 4.06. The Hall–Kier alpha value is -3.98. The lowest BCUT2D eigenvalue weighted by Gasteiger charge is -2.14. The van der Waals surface area contributed by atoms with E-state index in [2.05, 4.69) is 5.32 Å². The fourth-order valence-electron chi connectivity index (χ4n) is 3.44. The maximum atomic E-state index is 13.2. The Balaban J connectivity index is 1.70. The van der Waals surface area contributed by atoms with E-state index < -0.39 is 0 Å². The summed E-state index contributed by atoms with van der Waals surface area (Å²) in [6, 6.07) is 31.8. The second-order valence-corrected chi connectivity index (χ2v) is 7.11. The van der Waals surface area contributed by atoms with E-state index in [4.69, 9.17) is 0 Å². The van der Waals surface area contributed by atoms with Gasteiger partial charge in [-0.05, 0) is 36.2 Å². The third-order valence-corrected chi connectivity index (χ3v) is 4.96. The van der Waals surface area contributed by atoms with Crippen LogP contribution in [-0.2, 0) is 0 Å². The summed E-state index contributed by atoms with van der Waals surface area (Å²) in [6.45, 7) is 1.96. The zero-order chi connectivity index (χ0) is 20.9. The molecule has 1 amide bonds. The Bertz CT molecular complexity index is 1200. The summed E-state index contributed by atoms with van der Waals surface area (Å²) in [4.78, 5) is 26.2. The van der Waals surface area contributed by atoms with Gasteiger partial charge in [-0.2, -0.15) is 0 Å². The second-order valence-electron chi connectivity index (χ2n) is 7.11. The van der Waals surface area contributed by atoms with Crippen molar-refractivity contribution < 1.29 is 9.59 Å². The van der Waals surface area contributed by atoms with E-state index in [1.165, 1.54) is 0 Å². The summed E-state index contributed by atoms with van der Waals surface area (Å²) in [5.74, 6) is -0.370. The normalized spacial score (nSPS) is 10.4. The van der Waals surface area contributed by atoms with Gasteiger partial charge in [0, 0.05) is 16.7 Å². The molecule has 1 N–H and O–H groups in total. The minimum atomic E-state index is -0.245. The maximum Gasteiger partial charge on any atom is 0.256 e. The SMILES string of the molecule is Cc1ccc(-c2ccccc2)c(C(=O)Nc2ccccc2C(=O)c2ccccc2)c1. The second kappa shape index (κ2) is 8.58. The number of para-hydroxylation sites is 1. The number of hydrogen-bond acceptors (Lipinski definition) is 2. The van der Waals surface area contributed by atoms with Crippen LogP contribution >= 0.6 is 0 Å². The van der Waals surface area contributed by atoms with E-state index >= 15 is 0 Å². The minimum Gasteiger partial charge on any atom is -0.321 e. The molecule has 0 saturated carbocycles. The van der Waals surface area contributed by atoms with Crippen molar-refractivity contribution in [3.63, 3.8) is 0 Å². The zero-order valence-corrected chi connectivity index (χ0v) is 16.6. The molecule has 30 heavy (non-hydrogen) atoms. The lowest BCUT2D eigenvalue weighted by Crippen LogP contribution is -2.16. The molecule has 0 aromatic heterocycles. The largest absolute Gasteiger partial charge is 0.321 e. The number of hydrogen-bond donors (Lipinski definition) is 1. The van der Waals surface area contributed by atoms with Gasteiger partial charge >= 0.3 is 0 Å². The first-order chi connectivity index (χ1) is 14.6. The molecule has 4 aromatic rings. The highest BCUT2D eigenvalue weighted by Gasteiger charge is 2.18. The molecular weight excluding hydrogens is 370 g/mol. The van der Waals surface area contributed by atoms with Gasteiger partial charge in [-0.25, -0.2) is 0 Å². The maximum absolute atomic E-state index is 13.2. The quantitative estimate of drug-likeness (QED) is 0.415. The van der Waals surface area contributed by atoms with Crippen LogP contribution in [0.3, 0.4) is 0 Å². The van der Waals surface area contributed by atoms with Crippen molar-refractivity contribution in [3.05, 3.63) is 125 Å². The van der Waals surface area contributed by atoms with Crippen molar-refractivity contribution in [2.45, 2.75) is 6.92 Å². The molecule has 0 spiro atoms. The van der Waals surface area contributed by atoms with Crippen molar-refractivity contribution in [1.82, 2.24) is 0 Å². The number of aryl methyl sites for hydroxylation is 1. The van der Waals surface area contributed by atoms with Crippen LogP contribution in [0, 0.1) is 6.92 Å². The first-order valence-corrected chi connectivity index (χ1v) is 9.79. The van der Waals surface area contributed by atoms with Gasteiger partial charge in [0.15, 0.2) is 5.78 Å². The average Bonchev–Trinajstić information content (AvgIpc) is 2.80. The summed E-state index contributed by atoms with van der Waals surface area (Å²) in [5.41, 5.74) is 4.93. The molecule has 3 nitrogen and oxygen atoms in total. The topological polar surface area (TPSA) is 46.2 Å². The predicted octanol–water partition coefficient (Wildman–Crippen LogP) is 6.15. The molecule has 0 aliphatic rings. The number of carbonyl (C=O) groups excluding carboxylic acids is 2. The molecule has 0 aliphatic heterocycles. The average molecular weight is 391 g/mol. The molecular formula is C27H21NO2. The van der Waals surface area contributed by atoms with E-state index in [1.807, 2.05) is 79.7 Å². The number of nitrogens with one attached hydrogen (secondary N) is 1. The van der Waals surface area contributed by atoms with Crippen molar-refractivity contribution >= 4 is 17.4 Å². The third-order valence-electron chi connectivity index (χ3n) is 4.96. The first kappa shape index (κ1) is 19.3. The van der Waals surface area contributed by atoms with Gasteiger partial charge in [0.05, 0.1) is 5.69 Å². The van der Waals surface area contributed by atoms with E-state index in [1.54, 1.807) is 30.3 Å². The lowest BCUT2D eigenvalue weighted by molar-refractivity contribution is 0.102. The molecule has 0 saturated heterocycles. The van der Waals surface area contributed by atoms with E-state index in [-0.39, 0.29) is 11.7 Å². The fraction of sp³-hybridized carbons (Fsp3) is 0.0370. The van der Waals surface area contributed by atoms with Gasteiger partial charge in [0.25, 0.3) is 5.91 Å². The van der Waals surface area contributed by atoms with Crippen molar-refractivity contribution in [3.8, 4) is 11.1 Å². The summed E-state index contributed by atoms with van der Waals surface area (Å²) < 4.78 is 0. The molecule has 0 heterocycles. The molecule has 146 valence electrons. The molecule has 4 aromatic carbocycles. The van der Waals surface area contributed by atoms with Crippen LogP contribution in [0.2, 0.25) is 0 Å². The molecule has 0 radical (unpaired) electrons. The highest BCUT2D eigenvalue weighted by molar-refractivity contribution is 6.16. The van der Waals surface area contributed by atoms with Gasteiger partial charge in [0.2, 0.25) is 0 Å². The molecule has 4 rings (SSSR count). The summed E-state index contributed by atoms with van der Waals surface area (Å²) >= 11 is 0. The monoisotopic (exact) mass is 391 g/mol. The van der Waals surface area contributed by atoms with Crippen molar-refractivity contribution in [2.24, 2.45) is 0 Å². The van der Waals surface area contributed by atoms with Gasteiger partial charge in [-0.15, -0.1) is 0 Å². The van der Waals surface area contributed by atoms with Crippen molar-refractivity contribution in [1.29, 1.82) is 0 Å². The smallest absolute Gasteiger partial charge is 0.256 e. The summed E-state index contributed by atoms with van der Waals surface area (Å²) in [5, 5.41) is 2.96. The number of amides is 1. The van der Waals surface area contributed by atoms with Crippen LogP contribution in [-0.4, -0.2) is 11.7 Å². The van der Waals surface area contributed by atoms with E-state index in [9.17, 15) is 9.59 Å². The van der Waals surface area contributed by atoms with Crippen LogP contribution in [0.5, 0.6) is 0 Å². The van der Waals surface area contributed by atoms with Crippen LogP contribution in [0.1, 0.15) is 31.8 Å². The van der Waals surface area contributed by atoms with Crippen LogP contribution in [0.4, 0.5) is 5.69 Å². The van der Waals surface area contributed by atoms with Crippen LogP contribution in [0.15, 0.2) is 103 Å². The van der Waals surface area contributed by atoms with Gasteiger partial charge in [-0.1, -0.05) is 90.5 Å². The number of rotatable bonds is 5. The fourth-order valence-corrected chi connectivity index (χ4v) is 3.44. The van der Waals surface area contributed by atoms with Gasteiger partial charge < -0.3 is 5.32 Å². The minimum absolute atomic E-state index is 0.126. The Morgan fingerprint density at radius 1 is 0.667 bits per heavy atom. The van der Waals surface area contributed by atoms with Crippen LogP contribution in [0.25, 0.3) is 11.1 Å². The van der Waals surface area contributed by atoms with Crippen molar-refractivity contribution in [2.75, 3.05) is 5.32 Å². The highest BCUT2D eigenvalue weighted by atomic mass is 16.2. The molecule has 3 heteroatoms. The first-order valence-electron chi connectivity index (χ1n) is 9.79. The molecule has 0 atom stereocenters. The summed E-state index contributed by atoms with van der Waals surface area (Å²) in [7, 11) is 0. The number of benzene rings is 4. The highest BCUT2D eigenvalue weighted by Crippen LogP contribution is 2.27. The Labute approximate surface area is 176 Å². The van der Waals surface area contributed by atoms with E-state index in [0.29, 0.717) is 22.4 Å². The number of anilines is 1. The zero-order valence-electron chi connectivity index (χ0n) is 16.6. The van der Waals surface area contributed by atoms with Gasteiger partial charge in [-0.3, -0.25) is 9.59 Å². The standard InChI is InChI=1S/C27H21NO2/c1-19-16-17-22(20-10-4-2-5-11-20)24(18-19)27(30)28-25-15-9-8-14-23(25)26(29)21-12-6-3-7-13-21/h2-18H,1H3,(H,28,30). The molecule has 0 unspecified atom stereocenters. The van der Waals surface area contributed by atoms with E-state index in [0.717, 1.165) is 16.7 Å². The predicted molar refractivity (Wildman–Crippen MR) is 121 cm³/mol. The van der Waals surface area contributed by atoms with Gasteiger partial charge in [0.1, 0.15) is 0 Å². The Morgan fingerprint density at radius 3 is 2.03 bits per heavy atom. The molecule has 0 bridgehead atoms.